The van der Waals surface area contributed by atoms with E-state index in [1.54, 1.807) is 18.6 Å². The molecule has 36 heavy (non-hydrogen) atoms. The summed E-state index contributed by atoms with van der Waals surface area (Å²) in [6.07, 6.45) is 5.72. The fourth-order valence-electron chi connectivity index (χ4n) is 4.32. The highest BCUT2D eigenvalue weighted by Gasteiger charge is 2.24. The first-order valence-electron chi connectivity index (χ1n) is 11.3. The molecule has 0 saturated carbocycles. The van der Waals surface area contributed by atoms with Gasteiger partial charge in [0.1, 0.15) is 23.4 Å². The van der Waals surface area contributed by atoms with Gasteiger partial charge in [-0.3, -0.25) is 10.1 Å². The van der Waals surface area contributed by atoms with Crippen LogP contribution in [0.25, 0.3) is 22.2 Å². The Morgan fingerprint density at radius 1 is 1.03 bits per heavy atom. The lowest BCUT2D eigenvalue weighted by Crippen LogP contribution is -2.48. The number of fused-ring (bicyclic) bond motifs is 1. The Balaban J connectivity index is 1.35. The zero-order valence-electron chi connectivity index (χ0n) is 19.6. The molecule has 0 bridgehead atoms. The molecule has 0 spiro atoms. The third-order valence-corrected chi connectivity index (χ3v) is 8.10. The summed E-state index contributed by atoms with van der Waals surface area (Å²) < 4.78 is 31.2. The average Bonchev–Trinajstić information content (AvgIpc) is 3.27. The first-order valence-corrected chi connectivity index (χ1v) is 13.9. The highest BCUT2D eigenvalue weighted by Crippen LogP contribution is 2.35. The normalized spacial score (nSPS) is 15.8. The maximum Gasteiger partial charge on any atom is 0.211 e. The van der Waals surface area contributed by atoms with Crippen LogP contribution in [0.2, 0.25) is 10.0 Å². The van der Waals surface area contributed by atoms with Crippen molar-refractivity contribution in [2.24, 2.45) is 0 Å². The highest BCUT2D eigenvalue weighted by molar-refractivity contribution is 7.88. The lowest BCUT2D eigenvalue weighted by molar-refractivity contribution is 0.227. The monoisotopic (exact) mass is 546 g/mol. The van der Waals surface area contributed by atoms with Gasteiger partial charge >= 0.3 is 0 Å². The van der Waals surface area contributed by atoms with E-state index in [2.05, 4.69) is 25.1 Å². The van der Waals surface area contributed by atoms with Gasteiger partial charge < -0.3 is 9.64 Å². The molecule has 3 aromatic heterocycles. The van der Waals surface area contributed by atoms with Gasteiger partial charge in [0.15, 0.2) is 0 Å². The van der Waals surface area contributed by atoms with Crippen molar-refractivity contribution in [3.05, 3.63) is 64.5 Å². The van der Waals surface area contributed by atoms with Crippen LogP contribution >= 0.6 is 23.2 Å². The van der Waals surface area contributed by atoms with E-state index < -0.39 is 10.0 Å². The van der Waals surface area contributed by atoms with Crippen LogP contribution < -0.4 is 9.64 Å². The Bertz CT molecular complexity index is 1480. The van der Waals surface area contributed by atoms with Crippen LogP contribution in [0.5, 0.6) is 5.75 Å². The minimum absolute atomic E-state index is 0.384. The number of sulfonamides is 1. The third-order valence-electron chi connectivity index (χ3n) is 6.20. The Morgan fingerprint density at radius 2 is 1.75 bits per heavy atom. The molecule has 1 aromatic carbocycles. The number of aromatic amines is 1. The number of anilines is 1. The summed E-state index contributed by atoms with van der Waals surface area (Å²) in [7, 11) is -3.17. The van der Waals surface area contributed by atoms with E-state index in [-0.39, 0.29) is 6.10 Å². The van der Waals surface area contributed by atoms with Crippen molar-refractivity contribution in [3.63, 3.8) is 0 Å². The second kappa shape index (κ2) is 9.85. The van der Waals surface area contributed by atoms with Gasteiger partial charge in [0.25, 0.3) is 0 Å². The number of rotatable bonds is 6. The van der Waals surface area contributed by atoms with Crippen molar-refractivity contribution in [3.8, 4) is 17.0 Å². The molecule has 4 aromatic rings. The first kappa shape index (κ1) is 24.8. The Morgan fingerprint density at radius 3 is 2.39 bits per heavy atom. The molecule has 12 heteroatoms. The molecule has 5 rings (SSSR count). The number of halogens is 2. The van der Waals surface area contributed by atoms with Crippen molar-refractivity contribution in [1.82, 2.24) is 24.5 Å². The van der Waals surface area contributed by atoms with Crippen molar-refractivity contribution >= 4 is 49.9 Å². The molecule has 0 aliphatic carbocycles. The van der Waals surface area contributed by atoms with Crippen LogP contribution in [0.4, 0.5) is 5.82 Å². The van der Waals surface area contributed by atoms with Crippen LogP contribution in [-0.4, -0.2) is 65.3 Å². The molecule has 0 radical (unpaired) electrons. The van der Waals surface area contributed by atoms with E-state index in [9.17, 15) is 8.42 Å². The molecular formula is C24H24Cl2N6O3S. The second-order valence-electron chi connectivity index (χ2n) is 8.61. The van der Waals surface area contributed by atoms with Crippen LogP contribution in [0.3, 0.4) is 0 Å². The topological polar surface area (TPSA) is 104 Å². The van der Waals surface area contributed by atoms with Crippen molar-refractivity contribution in [2.75, 3.05) is 37.3 Å². The van der Waals surface area contributed by atoms with E-state index in [4.69, 9.17) is 27.9 Å². The molecule has 1 aliphatic rings. The van der Waals surface area contributed by atoms with Gasteiger partial charge in [-0.05, 0) is 37.3 Å². The largest absolute Gasteiger partial charge is 0.486 e. The maximum absolute atomic E-state index is 11.8. The molecule has 1 saturated heterocycles. The molecule has 1 unspecified atom stereocenters. The number of hydrogen-bond donors (Lipinski definition) is 1. The first-order chi connectivity index (χ1) is 17.2. The van der Waals surface area contributed by atoms with Crippen LogP contribution in [0.1, 0.15) is 18.6 Å². The fraction of sp³-hybridized carbons (Fsp3) is 0.292. The summed E-state index contributed by atoms with van der Waals surface area (Å²) in [5.74, 6) is 1.45. The molecule has 1 fully saturated rings. The number of ether oxygens (including phenoxy) is 1. The summed E-state index contributed by atoms with van der Waals surface area (Å²) in [6, 6.07) is 9.59. The lowest BCUT2D eigenvalue weighted by Gasteiger charge is -2.33. The Hall–Kier alpha value is -2.92. The maximum atomic E-state index is 11.8. The van der Waals surface area contributed by atoms with Gasteiger partial charge in [0.2, 0.25) is 10.0 Å². The van der Waals surface area contributed by atoms with E-state index in [0.717, 1.165) is 28.0 Å². The highest BCUT2D eigenvalue weighted by atomic mass is 35.5. The number of hydrogen-bond acceptors (Lipinski definition) is 7. The Kier molecular flexibility index (Phi) is 6.78. The van der Waals surface area contributed by atoms with Crippen LogP contribution in [0.15, 0.2) is 48.9 Å². The predicted octanol–water partition coefficient (Wildman–Crippen LogP) is 4.55. The third kappa shape index (κ3) is 4.99. The predicted molar refractivity (Wildman–Crippen MR) is 141 cm³/mol. The second-order valence-corrected chi connectivity index (χ2v) is 11.4. The summed E-state index contributed by atoms with van der Waals surface area (Å²) in [4.78, 5) is 10.7. The van der Waals surface area contributed by atoms with Crippen molar-refractivity contribution in [2.45, 2.75) is 13.0 Å². The van der Waals surface area contributed by atoms with Gasteiger partial charge in [-0.25, -0.2) is 13.4 Å². The number of H-pyrrole nitrogens is 1. The standard InChI is InChI=1S/C24H24Cl2N6O3S/c1-15(23-19(25)13-27-14-20(23)26)35-17-4-5-21-18(11-17)24(30-29-21)16-3-6-22(28-12-16)31-7-9-32(10-8-31)36(2,33)34/h3-6,11-15H,7-10H2,1-2H3,(H,29,30). The molecule has 1 atom stereocenters. The zero-order valence-corrected chi connectivity index (χ0v) is 22.0. The molecule has 0 amide bonds. The summed E-state index contributed by atoms with van der Waals surface area (Å²) in [6.45, 7) is 3.96. The van der Waals surface area contributed by atoms with Gasteiger partial charge in [0.05, 0.1) is 21.8 Å². The van der Waals surface area contributed by atoms with Gasteiger partial charge in [-0.15, -0.1) is 0 Å². The van der Waals surface area contributed by atoms with E-state index >= 15 is 0 Å². The fourth-order valence-corrected chi connectivity index (χ4v) is 5.82. The molecular weight excluding hydrogens is 523 g/mol. The van der Waals surface area contributed by atoms with Gasteiger partial charge in [-0.2, -0.15) is 9.40 Å². The number of piperazine rings is 1. The molecule has 1 aliphatic heterocycles. The van der Waals surface area contributed by atoms with Crippen molar-refractivity contribution in [1.29, 1.82) is 0 Å². The van der Waals surface area contributed by atoms with Crippen molar-refractivity contribution < 1.29 is 13.2 Å². The number of benzene rings is 1. The van der Waals surface area contributed by atoms with Crippen LogP contribution in [0, 0.1) is 0 Å². The number of nitrogens with zero attached hydrogens (tertiary/aromatic N) is 5. The SMILES string of the molecule is CC(Oc1ccc2[nH]nc(-c3ccc(N4CCN(S(C)(=O)=O)CC4)nc3)c2c1)c1c(Cl)cncc1Cl. The Labute approximate surface area is 219 Å². The number of aromatic nitrogens is 4. The molecule has 188 valence electrons. The molecule has 1 N–H and O–H groups in total. The minimum Gasteiger partial charge on any atom is -0.486 e. The number of nitrogens with one attached hydrogen (secondary N) is 1. The molecule has 4 heterocycles. The smallest absolute Gasteiger partial charge is 0.211 e. The summed E-state index contributed by atoms with van der Waals surface area (Å²) in [5, 5.41) is 9.34. The summed E-state index contributed by atoms with van der Waals surface area (Å²) >= 11 is 12.6. The zero-order chi connectivity index (χ0) is 25.4. The van der Waals surface area contributed by atoms with E-state index in [0.29, 0.717) is 47.5 Å². The van der Waals surface area contributed by atoms with Gasteiger partial charge in [0, 0.05) is 61.3 Å². The summed E-state index contributed by atoms with van der Waals surface area (Å²) in [5.41, 5.74) is 3.15. The van der Waals surface area contributed by atoms with E-state index in [1.165, 1.54) is 10.6 Å². The lowest BCUT2D eigenvalue weighted by atomic mass is 10.1. The number of pyridine rings is 2. The van der Waals surface area contributed by atoms with Crippen LogP contribution in [-0.2, 0) is 10.0 Å². The minimum atomic E-state index is -3.17. The van der Waals surface area contributed by atoms with E-state index in [1.807, 2.05) is 37.3 Å². The average molecular weight is 547 g/mol. The molecule has 9 nitrogen and oxygen atoms in total. The van der Waals surface area contributed by atoms with Gasteiger partial charge in [-0.1, -0.05) is 23.2 Å². The quantitative estimate of drug-likeness (QED) is 0.378.